The summed E-state index contributed by atoms with van der Waals surface area (Å²) in [4.78, 5) is 0. The Morgan fingerprint density at radius 2 is 2.21 bits per heavy atom. The largest absolute Gasteiger partial charge is 0.464 e. The smallest absolute Gasteiger partial charge is 0.117 e. The Morgan fingerprint density at radius 3 is 2.93 bits per heavy atom. The summed E-state index contributed by atoms with van der Waals surface area (Å²) in [6.45, 7) is 1.59. The molecular formula is C10H17NO2S. The highest BCUT2D eigenvalue weighted by molar-refractivity contribution is 7.98. The number of nitrogens with one attached hydrogen (secondary N) is 1. The number of methoxy groups -OCH3 is 1. The van der Waals surface area contributed by atoms with Gasteiger partial charge in [-0.05, 0) is 19.2 Å². The molecule has 0 unspecified atom stereocenters. The van der Waals surface area contributed by atoms with Gasteiger partial charge >= 0.3 is 0 Å². The van der Waals surface area contributed by atoms with Gasteiger partial charge in [-0.1, -0.05) is 0 Å². The molecule has 3 nitrogen and oxygen atoms in total. The fraction of sp³-hybridized carbons (Fsp3) is 0.600. The van der Waals surface area contributed by atoms with Gasteiger partial charge in [-0.2, -0.15) is 11.8 Å². The maximum Gasteiger partial charge on any atom is 0.117 e. The number of thioether (sulfide) groups is 1. The third kappa shape index (κ3) is 4.17. The van der Waals surface area contributed by atoms with E-state index in [1.807, 2.05) is 30.9 Å². The molecule has 0 aliphatic heterocycles. The van der Waals surface area contributed by atoms with Crippen molar-refractivity contribution in [1.29, 1.82) is 0 Å². The summed E-state index contributed by atoms with van der Waals surface area (Å²) in [5, 5.41) is 3.05. The first-order valence-corrected chi connectivity index (χ1v) is 5.81. The van der Waals surface area contributed by atoms with E-state index in [9.17, 15) is 0 Å². The van der Waals surface area contributed by atoms with E-state index in [0.717, 1.165) is 36.2 Å². The monoisotopic (exact) mass is 215 g/mol. The molecule has 0 saturated carbocycles. The molecule has 0 saturated heterocycles. The Kier molecular flexibility index (Phi) is 5.75. The summed E-state index contributed by atoms with van der Waals surface area (Å²) in [7, 11) is 3.63. The van der Waals surface area contributed by atoms with Crippen molar-refractivity contribution in [3.63, 3.8) is 0 Å². The molecule has 0 aromatic carbocycles. The lowest BCUT2D eigenvalue weighted by molar-refractivity contribution is 0.218. The highest BCUT2D eigenvalue weighted by atomic mass is 32.2. The molecule has 0 atom stereocenters. The molecule has 80 valence electrons. The lowest BCUT2D eigenvalue weighted by atomic mass is 10.4. The van der Waals surface area contributed by atoms with E-state index in [1.165, 1.54) is 0 Å². The molecule has 1 rings (SSSR count). The molecule has 1 aromatic rings. The molecule has 0 bridgehead atoms. The average molecular weight is 215 g/mol. The minimum Gasteiger partial charge on any atom is -0.464 e. The molecule has 14 heavy (non-hydrogen) atoms. The SMILES string of the molecule is CNCc1ccc(CSCCOC)o1. The van der Waals surface area contributed by atoms with Crippen molar-refractivity contribution in [3.8, 4) is 0 Å². The van der Waals surface area contributed by atoms with Crippen LogP contribution in [0.15, 0.2) is 16.5 Å². The molecular weight excluding hydrogens is 198 g/mol. The second-order valence-electron chi connectivity index (χ2n) is 2.94. The van der Waals surface area contributed by atoms with Gasteiger partial charge in [0.2, 0.25) is 0 Å². The topological polar surface area (TPSA) is 34.4 Å². The zero-order chi connectivity index (χ0) is 10.2. The van der Waals surface area contributed by atoms with Gasteiger partial charge in [-0.3, -0.25) is 0 Å². The van der Waals surface area contributed by atoms with Gasteiger partial charge in [-0.15, -0.1) is 0 Å². The van der Waals surface area contributed by atoms with E-state index in [4.69, 9.17) is 9.15 Å². The molecule has 0 fully saturated rings. The molecule has 0 radical (unpaired) electrons. The van der Waals surface area contributed by atoms with Gasteiger partial charge in [0.05, 0.1) is 18.9 Å². The van der Waals surface area contributed by atoms with Crippen LogP contribution >= 0.6 is 11.8 Å². The number of furan rings is 1. The van der Waals surface area contributed by atoms with Crippen LogP contribution in [-0.4, -0.2) is 26.5 Å². The molecule has 0 amide bonds. The number of hydrogen-bond acceptors (Lipinski definition) is 4. The average Bonchev–Trinajstić information content (AvgIpc) is 2.61. The molecule has 4 heteroatoms. The van der Waals surface area contributed by atoms with Crippen LogP contribution in [0.1, 0.15) is 11.5 Å². The minimum absolute atomic E-state index is 0.794. The fourth-order valence-corrected chi connectivity index (χ4v) is 1.87. The van der Waals surface area contributed by atoms with Crippen molar-refractivity contribution < 1.29 is 9.15 Å². The van der Waals surface area contributed by atoms with E-state index < -0.39 is 0 Å². The van der Waals surface area contributed by atoms with Gasteiger partial charge in [0.25, 0.3) is 0 Å². The lowest BCUT2D eigenvalue weighted by Crippen LogP contribution is -2.03. The van der Waals surface area contributed by atoms with Crippen LogP contribution in [0.4, 0.5) is 0 Å². The fourth-order valence-electron chi connectivity index (χ4n) is 1.08. The number of rotatable bonds is 7. The van der Waals surface area contributed by atoms with Crippen LogP contribution < -0.4 is 5.32 Å². The van der Waals surface area contributed by atoms with Crippen molar-refractivity contribution in [2.24, 2.45) is 0 Å². The highest BCUT2D eigenvalue weighted by Gasteiger charge is 2.00. The molecule has 1 N–H and O–H groups in total. The lowest BCUT2D eigenvalue weighted by Gasteiger charge is -1.98. The zero-order valence-electron chi connectivity index (χ0n) is 8.71. The summed E-state index contributed by atoms with van der Waals surface area (Å²) in [5.74, 6) is 3.97. The van der Waals surface area contributed by atoms with Crippen LogP contribution in [0.5, 0.6) is 0 Å². The van der Waals surface area contributed by atoms with Gasteiger partial charge in [0.15, 0.2) is 0 Å². The van der Waals surface area contributed by atoms with E-state index in [0.29, 0.717) is 0 Å². The van der Waals surface area contributed by atoms with Crippen LogP contribution in [-0.2, 0) is 17.0 Å². The summed E-state index contributed by atoms with van der Waals surface area (Å²) in [6.07, 6.45) is 0. The quantitative estimate of drug-likeness (QED) is 0.704. The van der Waals surface area contributed by atoms with Crippen molar-refractivity contribution in [2.75, 3.05) is 26.5 Å². The summed E-state index contributed by atoms with van der Waals surface area (Å²) in [6, 6.07) is 4.05. The summed E-state index contributed by atoms with van der Waals surface area (Å²) in [5.41, 5.74) is 0. The summed E-state index contributed by atoms with van der Waals surface area (Å²) >= 11 is 1.82. The van der Waals surface area contributed by atoms with Crippen LogP contribution in [0.2, 0.25) is 0 Å². The molecule has 0 spiro atoms. The van der Waals surface area contributed by atoms with Gasteiger partial charge < -0.3 is 14.5 Å². The van der Waals surface area contributed by atoms with E-state index >= 15 is 0 Å². The van der Waals surface area contributed by atoms with E-state index in [2.05, 4.69) is 5.32 Å². The first-order chi connectivity index (χ1) is 6.86. The van der Waals surface area contributed by atoms with Gasteiger partial charge in [0, 0.05) is 12.9 Å². The zero-order valence-corrected chi connectivity index (χ0v) is 9.52. The second kappa shape index (κ2) is 6.92. The van der Waals surface area contributed by atoms with Crippen molar-refractivity contribution in [2.45, 2.75) is 12.3 Å². The number of ether oxygens (including phenoxy) is 1. The Bertz CT molecular complexity index is 250. The van der Waals surface area contributed by atoms with Crippen LogP contribution in [0, 0.1) is 0 Å². The molecule has 1 heterocycles. The molecule has 0 aliphatic rings. The molecule has 0 aliphatic carbocycles. The maximum absolute atomic E-state index is 5.58. The van der Waals surface area contributed by atoms with Crippen LogP contribution in [0.25, 0.3) is 0 Å². The third-order valence-corrected chi connectivity index (χ3v) is 2.69. The Hall–Kier alpha value is -0.450. The Balaban J connectivity index is 2.22. The second-order valence-corrected chi connectivity index (χ2v) is 4.05. The van der Waals surface area contributed by atoms with E-state index in [-0.39, 0.29) is 0 Å². The van der Waals surface area contributed by atoms with Crippen molar-refractivity contribution in [3.05, 3.63) is 23.7 Å². The maximum atomic E-state index is 5.58. The highest BCUT2D eigenvalue weighted by Crippen LogP contribution is 2.15. The summed E-state index contributed by atoms with van der Waals surface area (Å²) < 4.78 is 10.5. The Labute approximate surface area is 89.2 Å². The van der Waals surface area contributed by atoms with Crippen molar-refractivity contribution >= 4 is 11.8 Å². The van der Waals surface area contributed by atoms with Gasteiger partial charge in [0.1, 0.15) is 11.5 Å². The first-order valence-electron chi connectivity index (χ1n) is 4.65. The van der Waals surface area contributed by atoms with E-state index in [1.54, 1.807) is 7.11 Å². The predicted octanol–water partition coefficient (Wildman–Crippen LogP) is 1.88. The first kappa shape index (κ1) is 11.6. The molecule has 1 aromatic heterocycles. The predicted molar refractivity (Wildman–Crippen MR) is 59.5 cm³/mol. The Morgan fingerprint density at radius 1 is 1.43 bits per heavy atom. The number of hydrogen-bond donors (Lipinski definition) is 1. The van der Waals surface area contributed by atoms with Crippen molar-refractivity contribution in [1.82, 2.24) is 5.32 Å². The minimum atomic E-state index is 0.794. The van der Waals surface area contributed by atoms with Gasteiger partial charge in [-0.25, -0.2) is 0 Å². The normalized spacial score (nSPS) is 10.7. The van der Waals surface area contributed by atoms with Crippen LogP contribution in [0.3, 0.4) is 0 Å². The third-order valence-electron chi connectivity index (χ3n) is 1.74. The standard InChI is InChI=1S/C10H17NO2S/c1-11-7-9-3-4-10(13-9)8-14-6-5-12-2/h3-4,11H,5-8H2,1-2H3.